The molecule has 76 valence electrons. The number of amides is 2. The third kappa shape index (κ3) is 1.71. The van der Waals surface area contributed by atoms with Crippen LogP contribution >= 0.6 is 0 Å². The normalized spacial score (nSPS) is 18.7. The van der Waals surface area contributed by atoms with Gasteiger partial charge in [-0.1, -0.05) is 0 Å². The van der Waals surface area contributed by atoms with Gasteiger partial charge in [0, 0.05) is 6.92 Å². The van der Waals surface area contributed by atoms with Gasteiger partial charge in [-0.25, -0.2) is 9.98 Å². The fourth-order valence-corrected chi connectivity index (χ4v) is 1.15. The van der Waals surface area contributed by atoms with Gasteiger partial charge < -0.3 is 0 Å². The van der Waals surface area contributed by atoms with Gasteiger partial charge in [-0.05, 0) is 6.92 Å². The summed E-state index contributed by atoms with van der Waals surface area (Å²) < 4.78 is 0. The molecule has 0 spiro atoms. The lowest BCUT2D eigenvalue weighted by Crippen LogP contribution is -2.34. The van der Waals surface area contributed by atoms with E-state index in [0.29, 0.717) is 5.84 Å². The lowest BCUT2D eigenvalue weighted by atomic mass is 10.3. The molecular weight excluding hydrogens is 198 g/mol. The highest BCUT2D eigenvalue weighted by molar-refractivity contribution is 6.71. The monoisotopic (exact) mass is 205 g/mol. The number of carbonyl (C=O) groups excluding carboxylic acids is 2. The first-order valence-electron chi connectivity index (χ1n) is 4.20. The summed E-state index contributed by atoms with van der Waals surface area (Å²) in [4.78, 5) is 37.4. The van der Waals surface area contributed by atoms with Crippen molar-refractivity contribution in [3.63, 3.8) is 0 Å². The second kappa shape index (κ2) is 3.19. The first-order valence-corrected chi connectivity index (χ1v) is 4.20. The van der Waals surface area contributed by atoms with Crippen LogP contribution in [0.25, 0.3) is 0 Å². The van der Waals surface area contributed by atoms with Crippen molar-refractivity contribution in [2.75, 3.05) is 0 Å². The molecule has 0 radical (unpaired) electrons. The molecule has 2 heterocycles. The summed E-state index contributed by atoms with van der Waals surface area (Å²) in [6.45, 7) is 2.96. The molecule has 0 aromatic heterocycles. The van der Waals surface area contributed by atoms with Gasteiger partial charge in [-0.15, -0.1) is 0 Å². The molecule has 15 heavy (non-hydrogen) atoms. The molecular formula is C8H7N5O2. The molecule has 2 rings (SSSR count). The molecule has 2 amide bonds. The topological polar surface area (TPSA) is 95.6 Å². The molecule has 2 aliphatic heterocycles. The Balaban J connectivity index is 2.34. The summed E-state index contributed by atoms with van der Waals surface area (Å²) in [6.07, 6.45) is 0. The first-order chi connectivity index (χ1) is 7.06. The van der Waals surface area contributed by atoms with E-state index < -0.39 is 5.91 Å². The second-order valence-corrected chi connectivity index (χ2v) is 2.98. The number of aliphatic imine (C=N–C) groups is 4. The quantitative estimate of drug-likeness (QED) is 0.565. The highest BCUT2D eigenvalue weighted by Gasteiger charge is 2.27. The Morgan fingerprint density at radius 2 is 1.93 bits per heavy atom. The molecule has 0 aliphatic carbocycles. The second-order valence-electron chi connectivity index (χ2n) is 2.98. The maximum atomic E-state index is 11.4. The molecule has 7 nitrogen and oxygen atoms in total. The van der Waals surface area contributed by atoms with E-state index in [0.717, 1.165) is 0 Å². The van der Waals surface area contributed by atoms with Crippen LogP contribution in [-0.4, -0.2) is 35.2 Å². The Kier molecular flexibility index (Phi) is 2.00. The zero-order chi connectivity index (χ0) is 11.0. The zero-order valence-corrected chi connectivity index (χ0v) is 8.11. The summed E-state index contributed by atoms with van der Waals surface area (Å²) in [5.74, 6) is -0.262. The van der Waals surface area contributed by atoms with Crippen LogP contribution < -0.4 is 5.32 Å². The van der Waals surface area contributed by atoms with E-state index in [-0.39, 0.29) is 23.4 Å². The summed E-state index contributed by atoms with van der Waals surface area (Å²) in [7, 11) is 0. The molecule has 0 bridgehead atoms. The molecule has 0 fully saturated rings. The van der Waals surface area contributed by atoms with Crippen LogP contribution in [0, 0.1) is 0 Å². The van der Waals surface area contributed by atoms with Crippen molar-refractivity contribution in [1.29, 1.82) is 0 Å². The number of nitrogens with zero attached hydrogens (tertiary/aromatic N) is 4. The summed E-state index contributed by atoms with van der Waals surface area (Å²) in [5.41, 5.74) is 0.126. The maximum absolute atomic E-state index is 11.4. The number of hydrogen-bond acceptors (Lipinski definition) is 5. The van der Waals surface area contributed by atoms with Crippen molar-refractivity contribution in [3.05, 3.63) is 0 Å². The minimum absolute atomic E-state index is 0.0418. The molecule has 1 N–H and O–H groups in total. The van der Waals surface area contributed by atoms with E-state index in [4.69, 9.17) is 0 Å². The Labute approximate surface area is 84.7 Å². The Morgan fingerprint density at radius 1 is 1.20 bits per heavy atom. The lowest BCUT2D eigenvalue weighted by Gasteiger charge is -2.06. The maximum Gasteiger partial charge on any atom is 0.302 e. The summed E-state index contributed by atoms with van der Waals surface area (Å²) >= 11 is 0. The van der Waals surface area contributed by atoms with Crippen LogP contribution in [0.5, 0.6) is 0 Å². The molecule has 7 heteroatoms. The van der Waals surface area contributed by atoms with Gasteiger partial charge in [-0.3, -0.25) is 14.9 Å². The van der Waals surface area contributed by atoms with Crippen LogP contribution in [0.4, 0.5) is 0 Å². The van der Waals surface area contributed by atoms with Crippen LogP contribution in [0.3, 0.4) is 0 Å². The number of hydrogen-bond donors (Lipinski definition) is 1. The smallest absolute Gasteiger partial charge is 0.295 e. The average molecular weight is 205 g/mol. The number of guanidine groups is 1. The Hall–Kier alpha value is -2.18. The average Bonchev–Trinajstić information content (AvgIpc) is 2.44. The van der Waals surface area contributed by atoms with Crippen LogP contribution in [-0.2, 0) is 9.59 Å². The standard InChI is InChI=1S/C8H7N5O2/c1-3-9-5-6(10-3)12-8(11-4(2)14)13-7(5)15/h1-2H3,(H,11,13,14,15). The van der Waals surface area contributed by atoms with Gasteiger partial charge in [0.1, 0.15) is 5.84 Å². The third-order valence-electron chi connectivity index (χ3n) is 1.66. The Morgan fingerprint density at radius 3 is 2.60 bits per heavy atom. The number of fused-ring (bicyclic) bond motifs is 1. The van der Waals surface area contributed by atoms with E-state index in [1.165, 1.54) is 6.92 Å². The van der Waals surface area contributed by atoms with Crippen molar-refractivity contribution in [2.24, 2.45) is 20.0 Å². The molecule has 0 atom stereocenters. The van der Waals surface area contributed by atoms with Gasteiger partial charge in [-0.2, -0.15) is 9.98 Å². The van der Waals surface area contributed by atoms with E-state index in [2.05, 4.69) is 25.3 Å². The molecule has 0 saturated carbocycles. The Bertz CT molecular complexity index is 483. The predicted octanol–water partition coefficient (Wildman–Crippen LogP) is -0.710. The molecule has 2 aliphatic rings. The van der Waals surface area contributed by atoms with Crippen molar-refractivity contribution >= 4 is 35.2 Å². The number of carbonyl (C=O) groups is 2. The summed E-state index contributed by atoms with van der Waals surface area (Å²) in [6, 6.07) is 0. The van der Waals surface area contributed by atoms with Gasteiger partial charge in [0.2, 0.25) is 11.9 Å². The number of nitrogens with one attached hydrogen (secondary N) is 1. The zero-order valence-electron chi connectivity index (χ0n) is 8.11. The fourth-order valence-electron chi connectivity index (χ4n) is 1.15. The number of rotatable bonds is 0. The van der Waals surface area contributed by atoms with E-state index in [1.54, 1.807) is 6.92 Å². The van der Waals surface area contributed by atoms with Crippen molar-refractivity contribution < 1.29 is 9.59 Å². The van der Waals surface area contributed by atoms with Crippen molar-refractivity contribution in [1.82, 2.24) is 5.32 Å². The summed E-state index contributed by atoms with van der Waals surface area (Å²) in [5, 5.41) is 2.32. The van der Waals surface area contributed by atoms with Crippen LogP contribution in [0.1, 0.15) is 13.8 Å². The molecule has 0 saturated heterocycles. The van der Waals surface area contributed by atoms with Crippen molar-refractivity contribution in [3.8, 4) is 0 Å². The van der Waals surface area contributed by atoms with E-state index >= 15 is 0 Å². The minimum atomic E-state index is -0.538. The minimum Gasteiger partial charge on any atom is -0.295 e. The molecule has 0 aromatic rings. The van der Waals surface area contributed by atoms with Gasteiger partial charge in [0.05, 0.1) is 0 Å². The third-order valence-corrected chi connectivity index (χ3v) is 1.66. The van der Waals surface area contributed by atoms with Crippen LogP contribution in [0.2, 0.25) is 0 Å². The van der Waals surface area contributed by atoms with Crippen molar-refractivity contribution in [2.45, 2.75) is 13.8 Å². The van der Waals surface area contributed by atoms with Gasteiger partial charge in [0.25, 0.3) is 0 Å². The highest BCUT2D eigenvalue weighted by atomic mass is 16.2. The predicted molar refractivity (Wildman–Crippen MR) is 54.2 cm³/mol. The van der Waals surface area contributed by atoms with E-state index in [9.17, 15) is 9.59 Å². The van der Waals surface area contributed by atoms with Gasteiger partial charge >= 0.3 is 5.91 Å². The molecule has 0 unspecified atom stereocenters. The lowest BCUT2D eigenvalue weighted by molar-refractivity contribution is -0.117. The highest BCUT2D eigenvalue weighted by Crippen LogP contribution is 2.06. The number of amidine groups is 2. The largest absolute Gasteiger partial charge is 0.302 e. The molecule has 0 aromatic carbocycles. The van der Waals surface area contributed by atoms with Gasteiger partial charge in [0.15, 0.2) is 11.5 Å². The SMILES string of the molecule is CC(=O)NC1=NC(=O)C2=NC(C)=NC2=N1. The first kappa shape index (κ1) is 9.38. The van der Waals surface area contributed by atoms with E-state index in [1.807, 2.05) is 0 Å². The fraction of sp³-hybridized carbons (Fsp3) is 0.250. The van der Waals surface area contributed by atoms with Crippen LogP contribution in [0.15, 0.2) is 20.0 Å².